The summed E-state index contributed by atoms with van der Waals surface area (Å²) in [6, 6.07) is 8.45. The van der Waals surface area contributed by atoms with E-state index < -0.39 is 11.9 Å². The predicted molar refractivity (Wildman–Crippen MR) is 62.2 cm³/mol. The van der Waals surface area contributed by atoms with Gasteiger partial charge in [-0.25, -0.2) is 9.59 Å². The molecule has 0 heterocycles. The van der Waals surface area contributed by atoms with Crippen molar-refractivity contribution in [3.8, 4) is 0 Å². The maximum Gasteiger partial charge on any atom is 0.374 e. The molecule has 0 radical (unpaired) electrons. The zero-order chi connectivity index (χ0) is 12.7. The monoisotopic (exact) mass is 234 g/mol. The van der Waals surface area contributed by atoms with E-state index in [9.17, 15) is 9.59 Å². The van der Waals surface area contributed by atoms with E-state index in [0.717, 1.165) is 0 Å². The summed E-state index contributed by atoms with van der Waals surface area (Å²) in [7, 11) is 0. The van der Waals surface area contributed by atoms with Crippen molar-refractivity contribution in [2.24, 2.45) is 0 Å². The van der Waals surface area contributed by atoms with Crippen molar-refractivity contribution < 1.29 is 19.1 Å². The minimum atomic E-state index is -0.640. The van der Waals surface area contributed by atoms with Crippen molar-refractivity contribution in [1.29, 1.82) is 0 Å². The third-order valence-corrected chi connectivity index (χ3v) is 1.95. The minimum Gasteiger partial charge on any atom is -0.460 e. The summed E-state index contributed by atoms with van der Waals surface area (Å²) in [5.41, 5.74) is 0.385. The van der Waals surface area contributed by atoms with Gasteiger partial charge in [-0.15, -0.1) is 0 Å². The Hall–Kier alpha value is -2.10. The van der Waals surface area contributed by atoms with Crippen LogP contribution in [0.25, 0.3) is 0 Å². The largest absolute Gasteiger partial charge is 0.460 e. The van der Waals surface area contributed by atoms with E-state index in [0.29, 0.717) is 5.56 Å². The van der Waals surface area contributed by atoms with Crippen LogP contribution in [-0.4, -0.2) is 18.5 Å². The molecule has 0 aliphatic carbocycles. The topological polar surface area (TPSA) is 52.6 Å². The second kappa shape index (κ2) is 6.48. The second-order valence-corrected chi connectivity index (χ2v) is 3.13. The zero-order valence-electron chi connectivity index (χ0n) is 9.80. The SMILES string of the molecule is C/C=C(/OC(=O)c1ccccc1)C(=O)OCC. The van der Waals surface area contributed by atoms with Gasteiger partial charge in [0.25, 0.3) is 0 Å². The Labute approximate surface area is 99.8 Å². The van der Waals surface area contributed by atoms with Gasteiger partial charge < -0.3 is 9.47 Å². The fraction of sp³-hybridized carbons (Fsp3) is 0.231. The van der Waals surface area contributed by atoms with Gasteiger partial charge in [0.1, 0.15) is 0 Å². The number of carbonyl (C=O) groups excluding carboxylic acids is 2. The smallest absolute Gasteiger partial charge is 0.374 e. The summed E-state index contributed by atoms with van der Waals surface area (Å²) in [6.07, 6.45) is 1.40. The highest BCUT2D eigenvalue weighted by Gasteiger charge is 2.16. The van der Waals surface area contributed by atoms with Gasteiger partial charge in [-0.2, -0.15) is 0 Å². The molecule has 0 aliphatic rings. The molecule has 0 spiro atoms. The summed E-state index contributed by atoms with van der Waals surface area (Å²) in [4.78, 5) is 23.0. The summed E-state index contributed by atoms with van der Waals surface area (Å²) in [6.45, 7) is 3.52. The molecule has 0 N–H and O–H groups in total. The molecule has 0 unspecified atom stereocenters. The molecule has 0 aliphatic heterocycles. The van der Waals surface area contributed by atoms with Crippen molar-refractivity contribution in [1.82, 2.24) is 0 Å². The molecule has 1 aromatic carbocycles. The molecule has 0 atom stereocenters. The fourth-order valence-corrected chi connectivity index (χ4v) is 1.15. The Morgan fingerprint density at radius 1 is 1.24 bits per heavy atom. The van der Waals surface area contributed by atoms with Crippen molar-refractivity contribution in [2.75, 3.05) is 6.61 Å². The van der Waals surface area contributed by atoms with Gasteiger partial charge in [0.05, 0.1) is 12.2 Å². The highest BCUT2D eigenvalue weighted by Crippen LogP contribution is 2.07. The molecule has 0 bridgehead atoms. The summed E-state index contributed by atoms with van der Waals surface area (Å²) in [5, 5.41) is 0. The van der Waals surface area contributed by atoms with Gasteiger partial charge in [-0.05, 0) is 32.1 Å². The Morgan fingerprint density at radius 2 is 1.88 bits per heavy atom. The van der Waals surface area contributed by atoms with E-state index in [-0.39, 0.29) is 12.4 Å². The van der Waals surface area contributed by atoms with Crippen LogP contribution in [0.2, 0.25) is 0 Å². The molecule has 0 amide bonds. The van der Waals surface area contributed by atoms with E-state index in [1.165, 1.54) is 6.08 Å². The number of esters is 2. The van der Waals surface area contributed by atoms with Crippen LogP contribution < -0.4 is 0 Å². The highest BCUT2D eigenvalue weighted by atomic mass is 16.6. The van der Waals surface area contributed by atoms with Crippen molar-refractivity contribution >= 4 is 11.9 Å². The molecule has 4 nitrogen and oxygen atoms in total. The van der Waals surface area contributed by atoms with Crippen LogP contribution in [0, 0.1) is 0 Å². The lowest BCUT2D eigenvalue weighted by molar-refractivity contribution is -0.141. The molecule has 0 saturated carbocycles. The lowest BCUT2D eigenvalue weighted by Crippen LogP contribution is -2.14. The van der Waals surface area contributed by atoms with Crippen molar-refractivity contribution in [3.63, 3.8) is 0 Å². The normalized spacial score (nSPS) is 10.8. The van der Waals surface area contributed by atoms with Crippen molar-refractivity contribution in [2.45, 2.75) is 13.8 Å². The van der Waals surface area contributed by atoms with E-state index in [4.69, 9.17) is 9.47 Å². The van der Waals surface area contributed by atoms with E-state index in [2.05, 4.69) is 0 Å². The van der Waals surface area contributed by atoms with E-state index in [1.54, 1.807) is 44.2 Å². The number of hydrogen-bond donors (Lipinski definition) is 0. The maximum absolute atomic E-state index is 11.7. The van der Waals surface area contributed by atoms with Gasteiger partial charge in [0.15, 0.2) is 0 Å². The average Bonchev–Trinajstić information content (AvgIpc) is 2.37. The molecule has 0 saturated heterocycles. The molecule has 1 rings (SSSR count). The van der Waals surface area contributed by atoms with E-state index in [1.807, 2.05) is 0 Å². The molecule has 17 heavy (non-hydrogen) atoms. The number of benzene rings is 1. The fourth-order valence-electron chi connectivity index (χ4n) is 1.15. The minimum absolute atomic E-state index is 0.0966. The second-order valence-electron chi connectivity index (χ2n) is 3.13. The molecular formula is C13H14O4. The molecule has 0 aromatic heterocycles. The molecule has 4 heteroatoms. The molecular weight excluding hydrogens is 220 g/mol. The Kier molecular flexibility index (Phi) is 4.94. The number of hydrogen-bond acceptors (Lipinski definition) is 4. The van der Waals surface area contributed by atoms with Crippen LogP contribution in [-0.2, 0) is 14.3 Å². The van der Waals surface area contributed by atoms with Crippen LogP contribution in [0.15, 0.2) is 42.2 Å². The van der Waals surface area contributed by atoms with Crippen LogP contribution in [0.1, 0.15) is 24.2 Å². The first kappa shape index (κ1) is 13.0. The van der Waals surface area contributed by atoms with Crippen LogP contribution in [0.3, 0.4) is 0 Å². The van der Waals surface area contributed by atoms with Crippen LogP contribution in [0.5, 0.6) is 0 Å². The standard InChI is InChI=1S/C13H14O4/c1-3-11(13(15)16-4-2)17-12(14)10-8-6-5-7-9-10/h3,5-9H,4H2,1-2H3/b11-3+. The van der Waals surface area contributed by atoms with Gasteiger partial charge in [0.2, 0.25) is 5.76 Å². The molecule has 90 valence electrons. The zero-order valence-corrected chi connectivity index (χ0v) is 9.80. The average molecular weight is 234 g/mol. The van der Waals surface area contributed by atoms with Gasteiger partial charge in [0, 0.05) is 0 Å². The molecule has 1 aromatic rings. The lowest BCUT2D eigenvalue weighted by Gasteiger charge is -2.07. The maximum atomic E-state index is 11.7. The summed E-state index contributed by atoms with van der Waals surface area (Å²) in [5.74, 6) is -1.31. The number of ether oxygens (including phenoxy) is 2. The van der Waals surface area contributed by atoms with Gasteiger partial charge in [-0.1, -0.05) is 18.2 Å². The Morgan fingerprint density at radius 3 is 2.41 bits per heavy atom. The van der Waals surface area contributed by atoms with Gasteiger partial charge in [-0.3, -0.25) is 0 Å². The summed E-state index contributed by atoms with van der Waals surface area (Å²) < 4.78 is 9.69. The first-order valence-corrected chi connectivity index (χ1v) is 5.29. The molecule has 0 fully saturated rings. The lowest BCUT2D eigenvalue weighted by atomic mass is 10.2. The third kappa shape index (κ3) is 3.75. The van der Waals surface area contributed by atoms with E-state index >= 15 is 0 Å². The van der Waals surface area contributed by atoms with Crippen LogP contribution in [0.4, 0.5) is 0 Å². The number of carbonyl (C=O) groups is 2. The highest BCUT2D eigenvalue weighted by molar-refractivity contribution is 5.95. The summed E-state index contributed by atoms with van der Waals surface area (Å²) >= 11 is 0. The first-order valence-electron chi connectivity index (χ1n) is 5.29. The van der Waals surface area contributed by atoms with Crippen molar-refractivity contribution in [3.05, 3.63) is 47.7 Å². The first-order chi connectivity index (χ1) is 8.19. The Balaban J connectivity index is 2.71. The van der Waals surface area contributed by atoms with Crippen LogP contribution >= 0.6 is 0 Å². The predicted octanol–water partition coefficient (Wildman–Crippen LogP) is 2.31. The quantitative estimate of drug-likeness (QED) is 0.455. The van der Waals surface area contributed by atoms with Gasteiger partial charge >= 0.3 is 11.9 Å². The third-order valence-electron chi connectivity index (χ3n) is 1.95. The number of allylic oxidation sites excluding steroid dienone is 1. The number of rotatable bonds is 4. The Bertz CT molecular complexity index is 420.